The van der Waals surface area contributed by atoms with Crippen LogP contribution in [0.3, 0.4) is 0 Å². The number of aryl methyl sites for hydroxylation is 3. The summed E-state index contributed by atoms with van der Waals surface area (Å²) in [6, 6.07) is 16.7. The summed E-state index contributed by atoms with van der Waals surface area (Å²) in [6.45, 7) is 8.18. The van der Waals surface area contributed by atoms with Crippen LogP contribution in [0.4, 0.5) is 0 Å². The lowest BCUT2D eigenvalue weighted by molar-refractivity contribution is -0.118. The summed E-state index contributed by atoms with van der Waals surface area (Å²) in [5.41, 5.74) is 4.02. The summed E-state index contributed by atoms with van der Waals surface area (Å²) >= 11 is 1.49. The van der Waals surface area contributed by atoms with E-state index in [0.717, 1.165) is 21.8 Å². The molecule has 1 heterocycles. The van der Waals surface area contributed by atoms with Gasteiger partial charge in [-0.1, -0.05) is 29.8 Å². The van der Waals surface area contributed by atoms with Crippen LogP contribution in [0.5, 0.6) is 5.75 Å². The fraction of sp³-hybridized carbons (Fsp3) is 0.231. The average Bonchev–Trinajstić information content (AvgIpc) is 3.27. The van der Waals surface area contributed by atoms with Gasteiger partial charge >= 0.3 is 0 Å². The molecule has 2 aromatic carbocycles. The molecule has 0 bridgehead atoms. The monoisotopic (exact) mass is 448 g/mol. The second-order valence-corrected chi connectivity index (χ2v) is 8.81. The van der Waals surface area contributed by atoms with E-state index < -0.39 is 0 Å². The summed E-state index contributed by atoms with van der Waals surface area (Å²) in [5, 5.41) is 7.60. The highest BCUT2D eigenvalue weighted by Gasteiger charge is 2.17. The fourth-order valence-corrected chi connectivity index (χ4v) is 3.68. The number of hydrogen-bond acceptors (Lipinski definition) is 4. The predicted molar refractivity (Wildman–Crippen MR) is 130 cm³/mol. The minimum Gasteiger partial charge on any atom is -0.491 e. The van der Waals surface area contributed by atoms with Crippen LogP contribution < -0.4 is 15.4 Å². The molecule has 32 heavy (non-hydrogen) atoms. The Hall–Kier alpha value is -3.38. The zero-order valence-corrected chi connectivity index (χ0v) is 19.6. The van der Waals surface area contributed by atoms with Gasteiger partial charge in [0.1, 0.15) is 18.1 Å². The first-order valence-electron chi connectivity index (χ1n) is 10.5. The number of carbonyl (C=O) groups excluding carboxylic acids is 2. The molecule has 3 rings (SSSR count). The van der Waals surface area contributed by atoms with Crippen molar-refractivity contribution in [2.75, 3.05) is 6.61 Å². The van der Waals surface area contributed by atoms with E-state index in [1.54, 1.807) is 18.2 Å². The van der Waals surface area contributed by atoms with Gasteiger partial charge in [-0.15, -0.1) is 11.3 Å². The Morgan fingerprint density at radius 2 is 1.84 bits per heavy atom. The number of nitrogens with one attached hydrogen (secondary N) is 2. The van der Waals surface area contributed by atoms with Gasteiger partial charge in [0.15, 0.2) is 0 Å². The van der Waals surface area contributed by atoms with Gasteiger partial charge in [0.2, 0.25) is 0 Å². The Balaban J connectivity index is 1.68. The topological polar surface area (TPSA) is 67.4 Å². The molecule has 0 fully saturated rings. The zero-order chi connectivity index (χ0) is 23.1. The first-order chi connectivity index (χ1) is 15.3. The van der Waals surface area contributed by atoms with Gasteiger partial charge in [0, 0.05) is 10.4 Å². The summed E-state index contributed by atoms with van der Waals surface area (Å²) < 4.78 is 5.83. The summed E-state index contributed by atoms with van der Waals surface area (Å²) in [4.78, 5) is 26.6. The highest BCUT2D eigenvalue weighted by molar-refractivity contribution is 7.10. The maximum absolute atomic E-state index is 13.0. The molecule has 0 aliphatic heterocycles. The van der Waals surface area contributed by atoms with Crippen molar-refractivity contribution in [2.24, 2.45) is 0 Å². The lowest BCUT2D eigenvalue weighted by atomic mass is 10.1. The number of rotatable bonds is 8. The van der Waals surface area contributed by atoms with Crippen LogP contribution in [-0.2, 0) is 4.79 Å². The molecule has 0 aliphatic rings. The van der Waals surface area contributed by atoms with E-state index in [9.17, 15) is 9.59 Å². The van der Waals surface area contributed by atoms with Crippen LogP contribution in [0.2, 0.25) is 0 Å². The van der Waals surface area contributed by atoms with E-state index in [1.807, 2.05) is 68.6 Å². The Labute approximate surface area is 193 Å². The molecular formula is C26H28N2O3S. The van der Waals surface area contributed by atoms with Gasteiger partial charge in [-0.2, -0.15) is 0 Å². The maximum atomic E-state index is 13.0. The van der Waals surface area contributed by atoms with E-state index >= 15 is 0 Å². The van der Waals surface area contributed by atoms with E-state index in [0.29, 0.717) is 12.2 Å². The minimum atomic E-state index is -0.365. The molecule has 6 heteroatoms. The molecule has 5 nitrogen and oxygen atoms in total. The lowest BCUT2D eigenvalue weighted by Crippen LogP contribution is -2.41. The van der Waals surface area contributed by atoms with E-state index in [4.69, 9.17) is 4.74 Å². The molecule has 3 aromatic rings. The predicted octanol–water partition coefficient (Wildman–Crippen LogP) is 5.03. The second kappa shape index (κ2) is 10.8. The molecule has 0 saturated heterocycles. The minimum absolute atomic E-state index is 0.192. The van der Waals surface area contributed by atoms with Crippen LogP contribution in [0.25, 0.3) is 6.08 Å². The number of amides is 2. The molecule has 0 radical (unpaired) electrons. The fourth-order valence-electron chi connectivity index (χ4n) is 3.02. The molecule has 0 spiro atoms. The highest BCUT2D eigenvalue weighted by Crippen LogP contribution is 2.17. The number of thiophene rings is 1. The van der Waals surface area contributed by atoms with Crippen molar-refractivity contribution in [3.63, 3.8) is 0 Å². The first-order valence-corrected chi connectivity index (χ1v) is 11.3. The van der Waals surface area contributed by atoms with Gasteiger partial charge in [-0.3, -0.25) is 9.59 Å². The molecule has 166 valence electrons. The number of ether oxygens (including phenoxy) is 1. The van der Waals surface area contributed by atoms with Gasteiger partial charge in [-0.25, -0.2) is 0 Å². The van der Waals surface area contributed by atoms with E-state index in [1.165, 1.54) is 16.9 Å². The summed E-state index contributed by atoms with van der Waals surface area (Å²) in [7, 11) is 0. The van der Waals surface area contributed by atoms with Crippen molar-refractivity contribution in [1.29, 1.82) is 0 Å². The average molecular weight is 449 g/mol. The van der Waals surface area contributed by atoms with Crippen molar-refractivity contribution in [3.05, 3.63) is 92.8 Å². The summed E-state index contributed by atoms with van der Waals surface area (Å²) in [5.74, 6) is 0.0672. The van der Waals surface area contributed by atoms with Crippen LogP contribution in [0.15, 0.2) is 65.7 Å². The molecule has 0 unspecified atom stereocenters. The van der Waals surface area contributed by atoms with Crippen LogP contribution >= 0.6 is 11.3 Å². The van der Waals surface area contributed by atoms with Crippen molar-refractivity contribution in [2.45, 2.75) is 33.7 Å². The number of hydrogen-bond donors (Lipinski definition) is 2. The smallest absolute Gasteiger partial charge is 0.268 e. The molecule has 0 aliphatic carbocycles. The Kier molecular flexibility index (Phi) is 7.84. The molecule has 0 saturated carbocycles. The van der Waals surface area contributed by atoms with Gasteiger partial charge in [0.05, 0.1) is 6.04 Å². The highest BCUT2D eigenvalue weighted by atomic mass is 32.1. The normalized spacial score (nSPS) is 12.2. The van der Waals surface area contributed by atoms with Gasteiger partial charge < -0.3 is 15.4 Å². The van der Waals surface area contributed by atoms with Gasteiger partial charge in [0.25, 0.3) is 11.8 Å². The third-order valence-corrected chi connectivity index (χ3v) is 5.78. The molecule has 1 aromatic heterocycles. The van der Waals surface area contributed by atoms with Crippen molar-refractivity contribution in [1.82, 2.24) is 10.6 Å². The summed E-state index contributed by atoms with van der Waals surface area (Å²) in [6.07, 6.45) is 1.69. The maximum Gasteiger partial charge on any atom is 0.268 e. The number of carbonyl (C=O) groups is 2. The molecule has 1 atom stereocenters. The van der Waals surface area contributed by atoms with E-state index in [-0.39, 0.29) is 23.6 Å². The van der Waals surface area contributed by atoms with Gasteiger partial charge in [-0.05, 0) is 80.6 Å². The third kappa shape index (κ3) is 6.56. The SMILES string of the molecule is Cc1cccc(C(=O)N/C(=C\c2cccs2)C(=O)N[C@@H](C)COc2ccc(C)c(C)c2)c1. The standard InChI is InChI=1S/C26H28N2O3S/c1-17-7-5-8-21(13-17)25(29)28-24(15-23-9-6-12-32-23)26(30)27-20(4)16-31-22-11-10-18(2)19(3)14-22/h5-15,20H,16H2,1-4H3,(H,27,30)(H,28,29)/b24-15-/t20-/m0/s1. The first kappa shape index (κ1) is 23.3. The number of benzene rings is 2. The Bertz CT molecular complexity index is 1120. The molecule has 2 N–H and O–H groups in total. The quantitative estimate of drug-likeness (QED) is 0.475. The van der Waals surface area contributed by atoms with Crippen LogP contribution in [0, 0.1) is 20.8 Å². The van der Waals surface area contributed by atoms with Crippen molar-refractivity contribution in [3.8, 4) is 5.75 Å². The Morgan fingerprint density at radius 1 is 1.03 bits per heavy atom. The molecular weight excluding hydrogens is 420 g/mol. The zero-order valence-electron chi connectivity index (χ0n) is 18.8. The largest absolute Gasteiger partial charge is 0.491 e. The second-order valence-electron chi connectivity index (χ2n) is 7.83. The van der Waals surface area contributed by atoms with Crippen molar-refractivity contribution >= 4 is 29.2 Å². The lowest BCUT2D eigenvalue weighted by Gasteiger charge is -2.17. The van der Waals surface area contributed by atoms with Crippen molar-refractivity contribution < 1.29 is 14.3 Å². The van der Waals surface area contributed by atoms with Crippen LogP contribution in [-0.4, -0.2) is 24.5 Å². The van der Waals surface area contributed by atoms with Crippen LogP contribution in [0.1, 0.15) is 38.8 Å². The third-order valence-electron chi connectivity index (χ3n) is 4.96. The Morgan fingerprint density at radius 3 is 2.53 bits per heavy atom. The molecule has 2 amide bonds. The van der Waals surface area contributed by atoms with E-state index in [2.05, 4.69) is 17.6 Å².